The van der Waals surface area contributed by atoms with Crippen LogP contribution >= 0.6 is 0 Å². The standard InChI is InChI=1S/C12H10O/c1-9-5-4-7-10-6-2-3-8-11(9)12(10)13/h2-8H,1H3. The first-order chi connectivity index (χ1) is 6.29. The zero-order valence-corrected chi connectivity index (χ0v) is 7.45. The van der Waals surface area contributed by atoms with Crippen molar-refractivity contribution in [2.75, 3.05) is 0 Å². The highest BCUT2D eigenvalue weighted by atomic mass is 16.1. The predicted molar refractivity (Wildman–Crippen MR) is 55.0 cm³/mol. The van der Waals surface area contributed by atoms with Crippen molar-refractivity contribution in [3.05, 3.63) is 58.3 Å². The van der Waals surface area contributed by atoms with Gasteiger partial charge in [-0.25, -0.2) is 0 Å². The fourth-order valence-corrected chi connectivity index (χ4v) is 1.45. The van der Waals surface area contributed by atoms with Crippen molar-refractivity contribution in [1.29, 1.82) is 0 Å². The Labute approximate surface area is 76.7 Å². The van der Waals surface area contributed by atoms with E-state index in [2.05, 4.69) is 0 Å². The molecule has 2 rings (SSSR count). The smallest absolute Gasteiger partial charge is 0.193 e. The van der Waals surface area contributed by atoms with E-state index >= 15 is 0 Å². The molecule has 2 aromatic carbocycles. The number of fused-ring (bicyclic) bond motifs is 2. The summed E-state index contributed by atoms with van der Waals surface area (Å²) in [5.41, 5.74) is 1.14. The Kier molecular flexibility index (Phi) is 1.85. The van der Waals surface area contributed by atoms with Crippen LogP contribution in [0, 0.1) is 6.92 Å². The summed E-state index contributed by atoms with van der Waals surface area (Å²) in [6.45, 7) is 1.95. The average Bonchev–Trinajstić information content (AvgIpc) is 2.36. The summed E-state index contributed by atoms with van der Waals surface area (Å²) in [4.78, 5) is 11.8. The lowest BCUT2D eigenvalue weighted by Crippen LogP contribution is -1.96. The fraction of sp³-hybridized carbons (Fsp3) is 0.0833. The van der Waals surface area contributed by atoms with Crippen LogP contribution in [0.2, 0.25) is 0 Å². The molecule has 0 spiro atoms. The highest BCUT2D eigenvalue weighted by Crippen LogP contribution is 2.05. The molecule has 64 valence electrons. The van der Waals surface area contributed by atoms with Crippen molar-refractivity contribution in [1.82, 2.24) is 0 Å². The highest BCUT2D eigenvalue weighted by molar-refractivity contribution is 5.69. The Balaban J connectivity index is 3.16. The zero-order valence-electron chi connectivity index (χ0n) is 7.45. The predicted octanol–water partition coefficient (Wildman–Crippen LogP) is 2.51. The lowest BCUT2D eigenvalue weighted by atomic mass is 10.2. The van der Waals surface area contributed by atoms with Crippen molar-refractivity contribution >= 4 is 10.8 Å². The third-order valence-electron chi connectivity index (χ3n) is 2.20. The second kappa shape index (κ2) is 3.02. The third kappa shape index (κ3) is 1.33. The van der Waals surface area contributed by atoms with Crippen molar-refractivity contribution in [2.24, 2.45) is 0 Å². The van der Waals surface area contributed by atoms with E-state index in [-0.39, 0.29) is 5.43 Å². The van der Waals surface area contributed by atoms with Gasteiger partial charge in [-0.2, -0.15) is 0 Å². The maximum absolute atomic E-state index is 11.8. The first kappa shape index (κ1) is 7.99. The SMILES string of the molecule is Cc1cccc2ccccc1c2=O. The van der Waals surface area contributed by atoms with Gasteiger partial charge in [-0.15, -0.1) is 0 Å². The molecule has 0 saturated carbocycles. The van der Waals surface area contributed by atoms with Gasteiger partial charge in [-0.05, 0) is 12.5 Å². The second-order valence-corrected chi connectivity index (χ2v) is 3.13. The highest BCUT2D eigenvalue weighted by Gasteiger charge is 1.96. The number of hydrogen-bond donors (Lipinski definition) is 0. The van der Waals surface area contributed by atoms with Crippen LogP contribution in [-0.2, 0) is 0 Å². The summed E-state index contributed by atoms with van der Waals surface area (Å²) < 4.78 is 0. The molecule has 0 radical (unpaired) electrons. The van der Waals surface area contributed by atoms with Crippen LogP contribution < -0.4 is 5.43 Å². The largest absolute Gasteiger partial charge is 0.289 e. The Morgan fingerprint density at radius 1 is 0.923 bits per heavy atom. The molecule has 0 unspecified atom stereocenters. The van der Waals surface area contributed by atoms with Crippen molar-refractivity contribution in [3.63, 3.8) is 0 Å². The molecular formula is C12H10O. The summed E-state index contributed by atoms with van der Waals surface area (Å²) in [5, 5.41) is 1.55. The minimum absolute atomic E-state index is 0.118. The lowest BCUT2D eigenvalue weighted by Gasteiger charge is -1.84. The van der Waals surface area contributed by atoms with Gasteiger partial charge in [0, 0.05) is 10.8 Å². The van der Waals surface area contributed by atoms with E-state index in [1.165, 1.54) is 0 Å². The molecule has 0 aromatic heterocycles. The summed E-state index contributed by atoms with van der Waals surface area (Å²) >= 11 is 0. The Hall–Kier alpha value is -1.63. The molecule has 1 heteroatoms. The monoisotopic (exact) mass is 170 g/mol. The van der Waals surface area contributed by atoms with Gasteiger partial charge in [0.1, 0.15) is 0 Å². The summed E-state index contributed by atoms with van der Waals surface area (Å²) in [7, 11) is 0. The van der Waals surface area contributed by atoms with E-state index in [0.717, 1.165) is 16.3 Å². The maximum atomic E-state index is 11.8. The molecule has 1 nitrogen and oxygen atoms in total. The lowest BCUT2D eigenvalue weighted by molar-refractivity contribution is 1.54. The summed E-state index contributed by atoms with van der Waals surface area (Å²) in [5.74, 6) is 0. The molecule has 0 N–H and O–H groups in total. The first-order valence-electron chi connectivity index (χ1n) is 4.28. The molecule has 2 bridgehead atoms. The number of hydrogen-bond acceptors (Lipinski definition) is 1. The van der Waals surface area contributed by atoms with Crippen LogP contribution in [0.4, 0.5) is 0 Å². The Morgan fingerprint density at radius 2 is 1.62 bits per heavy atom. The molecule has 0 amide bonds. The first-order valence-corrected chi connectivity index (χ1v) is 4.28. The van der Waals surface area contributed by atoms with Gasteiger partial charge < -0.3 is 0 Å². The normalized spacial score (nSPS) is 10.2. The minimum Gasteiger partial charge on any atom is -0.289 e. The van der Waals surface area contributed by atoms with Crippen molar-refractivity contribution in [2.45, 2.75) is 6.92 Å². The van der Waals surface area contributed by atoms with Crippen molar-refractivity contribution < 1.29 is 0 Å². The van der Waals surface area contributed by atoms with Crippen LogP contribution in [0.15, 0.2) is 47.3 Å². The van der Waals surface area contributed by atoms with Crippen LogP contribution in [0.3, 0.4) is 0 Å². The van der Waals surface area contributed by atoms with Gasteiger partial charge in [0.05, 0.1) is 0 Å². The molecule has 0 fully saturated rings. The average molecular weight is 170 g/mol. The van der Waals surface area contributed by atoms with E-state index in [4.69, 9.17) is 0 Å². The molecule has 13 heavy (non-hydrogen) atoms. The van der Waals surface area contributed by atoms with E-state index < -0.39 is 0 Å². The van der Waals surface area contributed by atoms with Crippen LogP contribution in [0.25, 0.3) is 10.8 Å². The van der Waals surface area contributed by atoms with E-state index in [1.807, 2.05) is 49.4 Å². The molecule has 0 saturated heterocycles. The molecule has 0 atom stereocenters. The van der Waals surface area contributed by atoms with Crippen LogP contribution in [0.1, 0.15) is 5.56 Å². The van der Waals surface area contributed by atoms with Gasteiger partial charge in [0.2, 0.25) is 0 Å². The van der Waals surface area contributed by atoms with Crippen molar-refractivity contribution in [3.8, 4) is 0 Å². The Bertz CT molecular complexity index is 500. The maximum Gasteiger partial charge on any atom is 0.193 e. The van der Waals surface area contributed by atoms with E-state index in [1.54, 1.807) is 0 Å². The molecule has 2 aromatic rings. The van der Waals surface area contributed by atoms with Gasteiger partial charge in [0.25, 0.3) is 0 Å². The molecule has 0 heterocycles. The molecule has 0 aliphatic heterocycles. The van der Waals surface area contributed by atoms with Gasteiger partial charge in [-0.3, -0.25) is 4.79 Å². The zero-order chi connectivity index (χ0) is 9.26. The number of rotatable bonds is 0. The molecular weight excluding hydrogens is 160 g/mol. The van der Waals surface area contributed by atoms with E-state index in [0.29, 0.717) is 0 Å². The Morgan fingerprint density at radius 3 is 2.46 bits per heavy atom. The molecule has 0 aliphatic rings. The number of aryl methyl sites for hydroxylation is 1. The van der Waals surface area contributed by atoms with Gasteiger partial charge in [-0.1, -0.05) is 42.5 Å². The summed E-state index contributed by atoms with van der Waals surface area (Å²) in [6.07, 6.45) is 0. The van der Waals surface area contributed by atoms with Gasteiger partial charge >= 0.3 is 0 Å². The van der Waals surface area contributed by atoms with Crippen LogP contribution in [0.5, 0.6) is 0 Å². The topological polar surface area (TPSA) is 17.1 Å². The minimum atomic E-state index is 0.118. The fourth-order valence-electron chi connectivity index (χ4n) is 1.45. The third-order valence-corrected chi connectivity index (χ3v) is 2.20. The van der Waals surface area contributed by atoms with Gasteiger partial charge in [0.15, 0.2) is 5.43 Å². The molecule has 0 aliphatic carbocycles. The second-order valence-electron chi connectivity index (χ2n) is 3.13. The quantitative estimate of drug-likeness (QED) is 0.593. The van der Waals surface area contributed by atoms with Crippen LogP contribution in [-0.4, -0.2) is 0 Å². The van der Waals surface area contributed by atoms with E-state index in [9.17, 15) is 4.79 Å². The summed E-state index contributed by atoms with van der Waals surface area (Å²) in [6, 6.07) is 13.2.